The summed E-state index contributed by atoms with van der Waals surface area (Å²) in [5, 5.41) is 90.9. The lowest BCUT2D eigenvalue weighted by molar-refractivity contribution is -0.144. The Kier molecular flexibility index (Phi) is 35.8. The van der Waals surface area contributed by atoms with E-state index in [4.69, 9.17) is 5.73 Å². The molecule has 40 heteroatoms. The average molecular weight is 1590 g/mol. The molecule has 0 radical (unpaired) electrons. The number of amides is 14. The van der Waals surface area contributed by atoms with Crippen LogP contribution in [-0.2, 0) is 96.0 Å². The normalized spacial score (nSPS) is 15.8. The lowest BCUT2D eigenvalue weighted by atomic mass is 10.0. The Bertz CT molecular complexity index is 3980. The van der Waals surface area contributed by atoms with E-state index in [1.807, 2.05) is 12.1 Å². The number of carboxylic acid groups (broad SMARTS) is 2. The van der Waals surface area contributed by atoms with Crippen molar-refractivity contribution >= 4 is 131 Å². The first-order chi connectivity index (χ1) is 52.4. The van der Waals surface area contributed by atoms with Crippen LogP contribution in [0.25, 0.3) is 10.9 Å². The van der Waals surface area contributed by atoms with Crippen LogP contribution in [0.3, 0.4) is 0 Å². The minimum Gasteiger partial charge on any atom is -0.508 e. The maximum Gasteiger partial charge on any atom is 0.326 e. The van der Waals surface area contributed by atoms with Gasteiger partial charge in [0, 0.05) is 60.8 Å². The van der Waals surface area contributed by atoms with Gasteiger partial charge in [-0.25, -0.2) is 4.79 Å². The second kappa shape index (κ2) is 43.9. The molecule has 4 aromatic rings. The number of carbonyl (C=O) groups is 16. The Morgan fingerprint density at radius 1 is 0.514 bits per heavy atom. The van der Waals surface area contributed by atoms with E-state index in [1.165, 1.54) is 95.0 Å². The second-order valence-corrected chi connectivity index (χ2v) is 27.8. The van der Waals surface area contributed by atoms with Gasteiger partial charge in [-0.3, -0.25) is 71.9 Å². The van der Waals surface area contributed by atoms with Gasteiger partial charge >= 0.3 is 11.9 Å². The number of aromatic hydroxyl groups is 2. The number of nitrogens with zero attached hydrogens (tertiary/aromatic N) is 1. The molecular weight excluding hydrogens is 1490 g/mol. The molecular formula is C71H98N16O22S2. The van der Waals surface area contributed by atoms with E-state index in [2.05, 4.69) is 99.4 Å². The van der Waals surface area contributed by atoms with Crippen molar-refractivity contribution in [2.24, 2.45) is 17.6 Å². The summed E-state index contributed by atoms with van der Waals surface area (Å²) in [6, 6.07) is 0.550. The van der Waals surface area contributed by atoms with E-state index in [9.17, 15) is 107 Å². The van der Waals surface area contributed by atoms with Gasteiger partial charge in [-0.1, -0.05) is 70.2 Å². The number of hydrogen-bond donors (Lipinski definition) is 23. The summed E-state index contributed by atoms with van der Waals surface area (Å²) in [5.74, 6) is -18.3. The number of carboxylic acids is 2. The molecule has 1 fully saturated rings. The number of aliphatic hydroxyl groups is 2. The first kappa shape index (κ1) is 90.5. The maximum absolute atomic E-state index is 14.5. The third-order valence-electron chi connectivity index (χ3n) is 17.7. The number of fused-ring (bicyclic) bond motifs is 1. The highest BCUT2D eigenvalue weighted by Gasteiger charge is 2.41. The molecule has 14 amide bonds. The Morgan fingerprint density at radius 3 is 1.54 bits per heavy atom. The van der Waals surface area contributed by atoms with Crippen molar-refractivity contribution in [2.75, 3.05) is 44.3 Å². The highest BCUT2D eigenvalue weighted by Crippen LogP contribution is 2.24. The monoisotopic (exact) mass is 1590 g/mol. The van der Waals surface area contributed by atoms with Crippen LogP contribution in [0.15, 0.2) is 79.0 Å². The molecule has 0 aliphatic carbocycles. The van der Waals surface area contributed by atoms with E-state index in [1.54, 1.807) is 18.3 Å². The topological polar surface area (TPSA) is 596 Å². The summed E-state index contributed by atoms with van der Waals surface area (Å²) in [5.41, 5.74) is 7.92. The number of hydrogen-bond acceptors (Lipinski definition) is 23. The van der Waals surface area contributed by atoms with Crippen molar-refractivity contribution in [1.29, 1.82) is 0 Å². The zero-order valence-corrected chi connectivity index (χ0v) is 63.5. The van der Waals surface area contributed by atoms with Crippen LogP contribution in [0.1, 0.15) is 83.9 Å². The number of nitrogens with two attached hydrogens (primary N) is 1. The van der Waals surface area contributed by atoms with E-state index in [0.29, 0.717) is 23.1 Å². The van der Waals surface area contributed by atoms with Crippen molar-refractivity contribution in [3.05, 3.63) is 95.7 Å². The number of aliphatic hydroxyl groups excluding tert-OH is 2. The molecule has 5 rings (SSSR count). The van der Waals surface area contributed by atoms with Crippen LogP contribution < -0.4 is 74.9 Å². The Labute approximate surface area is 648 Å². The molecule has 1 aromatic heterocycles. The van der Waals surface area contributed by atoms with Crippen LogP contribution in [0.2, 0.25) is 0 Å². The van der Waals surface area contributed by atoms with Crippen LogP contribution in [0.4, 0.5) is 0 Å². The lowest BCUT2D eigenvalue weighted by Gasteiger charge is -2.30. The number of rotatable bonds is 43. The number of para-hydroxylation sites is 1. The number of aromatic nitrogens is 1. The van der Waals surface area contributed by atoms with E-state index in [-0.39, 0.29) is 49.5 Å². The van der Waals surface area contributed by atoms with Crippen LogP contribution in [-0.4, -0.2) is 258 Å². The third-order valence-corrected chi connectivity index (χ3v) is 18.4. The number of phenolic OH excluding ortho intramolecular Hbond substituents is 2. The van der Waals surface area contributed by atoms with Gasteiger partial charge in [0.25, 0.3) is 0 Å². The molecule has 1 saturated heterocycles. The first-order valence-corrected chi connectivity index (χ1v) is 36.7. The van der Waals surface area contributed by atoms with Crippen molar-refractivity contribution < 1.29 is 107 Å². The highest BCUT2D eigenvalue weighted by atomic mass is 32.1. The number of H-pyrrole nitrogens is 1. The standard InChI is InChI=1S/C71H98N16O22S2/c1-34(2)58(69(106)78-45(21-22-56(95)96)62(99)83-50(32-110)65(102)80-47(25-39-15-19-42(91)20-16-39)63(100)82-49(31-88)64(101)86-59(35(3)4)71(108)109)85-55(94)29-74-53(92)28-75-61(98)46(24-38-13-17-41(90)18-14-38)79-60(97)36(5)77-54(93)30-76-67(104)52-12-9-23-87(52)70(107)48(26-40-27-73-44-11-8-7-10-43(40)44)81-66(103)51(33-111)84-68(105)57(72)37(6)89/h7-8,10-11,13-20,27,34-37,45-52,57-59,73,88-91,110-111H,9,12,21-26,28-33,72H2,1-6H3,(H,74,92)(H,75,98)(H,76,104)(H,77,93)(H,78,106)(H,79,97)(H,80,102)(H,81,103)(H,82,100)(H,83,99)(H,84,105)(H,85,94)(H,86,101)(H,95,96)(H,108,109)/t36-,37+,45-,46-,47-,48-,49-,50-,51-,52-,57-,58-,59-/m0/s1. The number of carbonyl (C=O) groups excluding carboxylic acids is 14. The van der Waals surface area contributed by atoms with Crippen LogP contribution >= 0.6 is 25.3 Å². The molecule has 1 aliphatic heterocycles. The zero-order chi connectivity index (χ0) is 82.5. The minimum atomic E-state index is -1.72. The number of benzene rings is 3. The maximum atomic E-state index is 14.5. The second-order valence-electron chi connectivity index (χ2n) is 27.0. The molecule has 3 aromatic carbocycles. The molecule has 2 heterocycles. The molecule has 38 nitrogen and oxygen atoms in total. The summed E-state index contributed by atoms with van der Waals surface area (Å²) in [6.07, 6.45) is -1.01. The van der Waals surface area contributed by atoms with Crippen LogP contribution in [0, 0.1) is 11.8 Å². The van der Waals surface area contributed by atoms with Gasteiger partial charge in [-0.2, -0.15) is 25.3 Å². The van der Waals surface area contributed by atoms with Gasteiger partial charge in [0.05, 0.1) is 32.3 Å². The molecule has 0 saturated carbocycles. The SMILES string of the molecule is CC(C)[C@H](NC(=O)[C@H](CO)NC(=O)[C@H](Cc1ccc(O)cc1)NC(=O)[C@H](CS)NC(=O)[C@H](CCC(=O)O)NC(=O)[C@@H](NC(=O)CNC(=O)CNC(=O)[C@H](Cc1ccc(O)cc1)NC(=O)[C@H](C)NC(=O)CNC(=O)[C@@H]1CCCN1C(=O)[C@H](Cc1c[nH]c2ccccc12)NC(=O)[C@H](CS)NC(=O)[C@@H](N)[C@@H](C)O)C(C)C)C(=O)O. The zero-order valence-electron chi connectivity index (χ0n) is 61.7. The number of thiol groups is 2. The van der Waals surface area contributed by atoms with Crippen molar-refractivity contribution in [2.45, 2.75) is 165 Å². The predicted octanol–water partition coefficient (Wildman–Crippen LogP) is -5.36. The molecule has 606 valence electrons. The van der Waals surface area contributed by atoms with Crippen molar-refractivity contribution in [3.63, 3.8) is 0 Å². The average Bonchev–Trinajstić information content (AvgIpc) is 1.68. The molecule has 0 unspecified atom stereocenters. The number of phenols is 2. The highest BCUT2D eigenvalue weighted by molar-refractivity contribution is 7.80. The Balaban J connectivity index is 1.17. The first-order valence-electron chi connectivity index (χ1n) is 35.4. The van der Waals surface area contributed by atoms with E-state index < -0.39 is 230 Å². The summed E-state index contributed by atoms with van der Waals surface area (Å²) in [6.45, 7) is 5.31. The predicted molar refractivity (Wildman–Crippen MR) is 403 cm³/mol. The van der Waals surface area contributed by atoms with Gasteiger partial charge in [-0.05, 0) is 92.0 Å². The quantitative estimate of drug-likeness (QED) is 0.0184. The van der Waals surface area contributed by atoms with E-state index >= 15 is 0 Å². The van der Waals surface area contributed by atoms with E-state index in [0.717, 1.165) is 10.9 Å². The smallest absolute Gasteiger partial charge is 0.326 e. The molecule has 0 bridgehead atoms. The fraction of sp³-hybridized carbons (Fsp3) is 0.493. The number of aromatic amines is 1. The van der Waals surface area contributed by atoms with Gasteiger partial charge in [0.15, 0.2) is 0 Å². The Hall–Kier alpha value is -11.1. The fourth-order valence-electron chi connectivity index (χ4n) is 11.3. The summed E-state index contributed by atoms with van der Waals surface area (Å²) in [7, 11) is 0. The molecule has 0 spiro atoms. The number of aliphatic carboxylic acids is 2. The summed E-state index contributed by atoms with van der Waals surface area (Å²) >= 11 is 8.40. The summed E-state index contributed by atoms with van der Waals surface area (Å²) < 4.78 is 0. The number of nitrogens with one attached hydrogen (secondary N) is 14. The van der Waals surface area contributed by atoms with Crippen LogP contribution in [0.5, 0.6) is 11.5 Å². The molecule has 111 heavy (non-hydrogen) atoms. The van der Waals surface area contributed by atoms with Gasteiger partial charge < -0.3 is 115 Å². The minimum absolute atomic E-state index is 0.0701. The Morgan fingerprint density at radius 2 is 0.991 bits per heavy atom. The fourth-order valence-corrected chi connectivity index (χ4v) is 11.8. The van der Waals surface area contributed by atoms with Gasteiger partial charge in [0.2, 0.25) is 82.7 Å². The largest absolute Gasteiger partial charge is 0.508 e. The molecule has 22 N–H and O–H groups in total. The molecule has 1 aliphatic rings. The van der Waals surface area contributed by atoms with Crippen molar-refractivity contribution in [1.82, 2.24) is 79.0 Å². The van der Waals surface area contributed by atoms with Gasteiger partial charge in [-0.15, -0.1) is 0 Å². The number of likely N-dealkylation sites (tertiary alicyclic amines) is 1. The third kappa shape index (κ3) is 28.4. The van der Waals surface area contributed by atoms with Gasteiger partial charge in [0.1, 0.15) is 84.0 Å². The summed E-state index contributed by atoms with van der Waals surface area (Å²) in [4.78, 5) is 219. The lowest BCUT2D eigenvalue weighted by Crippen LogP contribution is -2.61. The van der Waals surface area contributed by atoms with Crippen molar-refractivity contribution in [3.8, 4) is 11.5 Å². The molecule has 13 atom stereocenters.